The van der Waals surface area contributed by atoms with E-state index in [0.29, 0.717) is 0 Å². The van der Waals surface area contributed by atoms with Crippen LogP contribution in [-0.2, 0) is 19.1 Å². The van der Waals surface area contributed by atoms with Crippen LogP contribution in [0.25, 0.3) is 0 Å². The Labute approximate surface area is 189 Å². The van der Waals surface area contributed by atoms with E-state index in [4.69, 9.17) is 16.2 Å². The molecule has 3 rings (SSSR count). The second-order valence-electron chi connectivity index (χ2n) is 8.14. The number of carbonyl (C=O) groups excluding carboxylic acids is 3. The summed E-state index contributed by atoms with van der Waals surface area (Å²) in [5, 5.41) is 39.4. The SMILES string of the molecule is CN(C(=O)CN=CN)C1C(NC2=NC3C(=O)NCC(O)C3N2)OC(CO)C(CC(N)=O)C1O. The first-order chi connectivity index (χ1) is 15.7. The Morgan fingerprint density at radius 2 is 2.15 bits per heavy atom. The maximum absolute atomic E-state index is 12.6. The molecule has 3 amide bonds. The van der Waals surface area contributed by atoms with E-state index in [0.717, 1.165) is 6.34 Å². The zero-order chi connectivity index (χ0) is 24.3. The van der Waals surface area contributed by atoms with E-state index in [1.54, 1.807) is 0 Å². The molecule has 0 aromatic rings. The molecule has 3 aliphatic heterocycles. The van der Waals surface area contributed by atoms with Crippen LogP contribution in [0.5, 0.6) is 0 Å². The van der Waals surface area contributed by atoms with Gasteiger partial charge in [0.2, 0.25) is 17.7 Å². The van der Waals surface area contributed by atoms with Crippen molar-refractivity contribution in [2.75, 3.05) is 26.7 Å². The fourth-order valence-electron chi connectivity index (χ4n) is 4.32. The number of aliphatic imine (C=N–C) groups is 2. The molecule has 2 saturated heterocycles. The van der Waals surface area contributed by atoms with Crippen LogP contribution in [0.1, 0.15) is 6.42 Å². The molecule has 8 atom stereocenters. The van der Waals surface area contributed by atoms with E-state index in [9.17, 15) is 29.7 Å². The van der Waals surface area contributed by atoms with Crippen molar-refractivity contribution >= 4 is 30.0 Å². The predicted octanol–water partition coefficient (Wildman–Crippen LogP) is -5.85. The first-order valence-corrected chi connectivity index (χ1v) is 10.4. The number of nitrogens with zero attached hydrogens (tertiary/aromatic N) is 3. The number of hydrogen-bond acceptors (Lipinski definition) is 11. The molecule has 0 saturated carbocycles. The largest absolute Gasteiger partial charge is 0.394 e. The minimum absolute atomic E-state index is 0.0668. The Morgan fingerprint density at radius 3 is 2.76 bits per heavy atom. The van der Waals surface area contributed by atoms with Gasteiger partial charge < -0.3 is 52.4 Å². The summed E-state index contributed by atoms with van der Waals surface area (Å²) < 4.78 is 5.91. The number of β-amino-alcohol motifs (C(OH)–C–C–N with tert-alkyl or cyclic N) is 1. The van der Waals surface area contributed by atoms with Crippen LogP contribution in [0, 0.1) is 5.92 Å². The minimum Gasteiger partial charge on any atom is -0.394 e. The third-order valence-corrected chi connectivity index (χ3v) is 6.05. The number of aliphatic hydroxyl groups excluding tert-OH is 3. The lowest BCUT2D eigenvalue weighted by Gasteiger charge is -2.47. The monoisotopic (exact) mass is 470 g/mol. The van der Waals surface area contributed by atoms with Crippen LogP contribution in [0.4, 0.5) is 0 Å². The summed E-state index contributed by atoms with van der Waals surface area (Å²) in [7, 11) is 1.42. The molecule has 0 aromatic carbocycles. The van der Waals surface area contributed by atoms with E-state index >= 15 is 0 Å². The summed E-state index contributed by atoms with van der Waals surface area (Å²) >= 11 is 0. The van der Waals surface area contributed by atoms with Gasteiger partial charge in [-0.2, -0.15) is 0 Å². The first-order valence-electron chi connectivity index (χ1n) is 10.4. The van der Waals surface area contributed by atoms with Gasteiger partial charge in [-0.05, 0) is 0 Å². The summed E-state index contributed by atoms with van der Waals surface area (Å²) in [4.78, 5) is 45.4. The Hall–Kier alpha value is -3.01. The van der Waals surface area contributed by atoms with Gasteiger partial charge in [-0.3, -0.25) is 19.4 Å². The fourth-order valence-corrected chi connectivity index (χ4v) is 4.32. The number of rotatable bonds is 7. The molecule has 0 radical (unpaired) electrons. The number of primary amides is 1. The number of likely N-dealkylation sites (N-methyl/N-ethyl adjacent to an activating group) is 1. The van der Waals surface area contributed by atoms with Crippen LogP contribution in [-0.4, -0.2) is 120 Å². The van der Waals surface area contributed by atoms with Crippen molar-refractivity contribution in [2.45, 2.75) is 49.1 Å². The normalized spacial score (nSPS) is 35.9. The topological polar surface area (TPSA) is 237 Å². The van der Waals surface area contributed by atoms with Crippen LogP contribution in [0.15, 0.2) is 9.98 Å². The zero-order valence-corrected chi connectivity index (χ0v) is 18.0. The number of nitrogens with two attached hydrogens (primary N) is 2. The van der Waals surface area contributed by atoms with E-state index in [2.05, 4.69) is 25.9 Å². The highest BCUT2D eigenvalue weighted by atomic mass is 16.5. The molecule has 8 unspecified atom stereocenters. The number of fused-ring (bicyclic) bond motifs is 1. The van der Waals surface area contributed by atoms with Crippen molar-refractivity contribution in [1.82, 2.24) is 20.9 Å². The Bertz CT molecular complexity index is 824. The lowest BCUT2D eigenvalue weighted by atomic mass is 9.84. The molecule has 0 aliphatic carbocycles. The quantitative estimate of drug-likeness (QED) is 0.129. The number of hydrogen-bond donors (Lipinski definition) is 8. The van der Waals surface area contributed by atoms with Crippen molar-refractivity contribution in [2.24, 2.45) is 27.4 Å². The van der Waals surface area contributed by atoms with E-state index in [-0.39, 0.29) is 31.4 Å². The average Bonchev–Trinajstić information content (AvgIpc) is 3.21. The molecular weight excluding hydrogens is 440 g/mol. The third-order valence-electron chi connectivity index (χ3n) is 6.05. The van der Waals surface area contributed by atoms with Gasteiger partial charge >= 0.3 is 0 Å². The van der Waals surface area contributed by atoms with Gasteiger partial charge in [0.25, 0.3) is 0 Å². The van der Waals surface area contributed by atoms with Gasteiger partial charge in [0.05, 0.1) is 37.3 Å². The minimum atomic E-state index is -1.32. The van der Waals surface area contributed by atoms with Crippen molar-refractivity contribution in [3.05, 3.63) is 0 Å². The smallest absolute Gasteiger partial charge is 0.247 e. The van der Waals surface area contributed by atoms with Gasteiger partial charge in [-0.25, -0.2) is 4.99 Å². The molecule has 33 heavy (non-hydrogen) atoms. The predicted molar refractivity (Wildman–Crippen MR) is 113 cm³/mol. The number of aliphatic hydroxyl groups is 3. The molecule has 0 spiro atoms. The van der Waals surface area contributed by atoms with Gasteiger partial charge in [-0.1, -0.05) is 0 Å². The maximum atomic E-state index is 12.6. The number of ether oxygens (including phenoxy) is 1. The standard InChI is InChI=1S/C18H30N8O7/c1-26(11(30)4-21-6-19)14-15(31)7(2-10(20)29)9(5-27)33-17(14)25-18-23-12-8(28)3-22-16(32)13(12)24-18/h6-9,12-15,17,27-28,31H,2-5H2,1H3,(H2,19,21)(H2,20,29)(H,22,32)(H2,23,24,25). The van der Waals surface area contributed by atoms with E-state index in [1.807, 2.05) is 0 Å². The Balaban J connectivity index is 1.86. The molecule has 0 bridgehead atoms. The van der Waals surface area contributed by atoms with E-state index in [1.165, 1.54) is 11.9 Å². The average molecular weight is 470 g/mol. The molecule has 3 aliphatic rings. The van der Waals surface area contributed by atoms with Crippen molar-refractivity contribution in [1.29, 1.82) is 0 Å². The Kier molecular flexibility index (Phi) is 7.68. The van der Waals surface area contributed by atoms with Crippen molar-refractivity contribution in [3.8, 4) is 0 Å². The van der Waals surface area contributed by atoms with E-state index < -0.39 is 67.0 Å². The van der Waals surface area contributed by atoms with Crippen molar-refractivity contribution < 1.29 is 34.4 Å². The summed E-state index contributed by atoms with van der Waals surface area (Å²) in [5.41, 5.74) is 10.5. The highest BCUT2D eigenvalue weighted by molar-refractivity contribution is 5.92. The molecule has 2 fully saturated rings. The summed E-state index contributed by atoms with van der Waals surface area (Å²) in [5.74, 6) is -2.36. The number of carbonyl (C=O) groups is 3. The van der Waals surface area contributed by atoms with Gasteiger partial charge in [0.1, 0.15) is 12.6 Å². The number of amides is 3. The Morgan fingerprint density at radius 1 is 1.42 bits per heavy atom. The molecule has 15 heteroatoms. The van der Waals surface area contributed by atoms with Crippen LogP contribution >= 0.6 is 0 Å². The second-order valence-corrected chi connectivity index (χ2v) is 8.14. The van der Waals surface area contributed by atoms with Gasteiger partial charge in [-0.15, -0.1) is 0 Å². The molecule has 184 valence electrons. The third kappa shape index (κ3) is 5.16. The maximum Gasteiger partial charge on any atom is 0.247 e. The lowest BCUT2D eigenvalue weighted by Crippen LogP contribution is -2.68. The lowest BCUT2D eigenvalue weighted by molar-refractivity contribution is -0.196. The first kappa shape index (κ1) is 24.6. The highest BCUT2D eigenvalue weighted by Crippen LogP contribution is 2.30. The number of piperidine rings is 1. The van der Waals surface area contributed by atoms with Crippen LogP contribution in [0.2, 0.25) is 0 Å². The molecular formula is C18H30N8O7. The van der Waals surface area contributed by atoms with Gasteiger partial charge in [0.15, 0.2) is 18.2 Å². The molecule has 10 N–H and O–H groups in total. The summed E-state index contributed by atoms with van der Waals surface area (Å²) in [6.45, 7) is -0.749. The molecule has 3 heterocycles. The zero-order valence-electron chi connectivity index (χ0n) is 18.0. The summed E-state index contributed by atoms with van der Waals surface area (Å²) in [6, 6.07) is -2.59. The van der Waals surface area contributed by atoms with Crippen molar-refractivity contribution in [3.63, 3.8) is 0 Å². The summed E-state index contributed by atoms with van der Waals surface area (Å²) in [6.07, 6.45) is -3.60. The van der Waals surface area contributed by atoms with Crippen LogP contribution in [0.3, 0.4) is 0 Å². The van der Waals surface area contributed by atoms with Gasteiger partial charge in [0, 0.05) is 25.9 Å². The fraction of sp³-hybridized carbons (Fsp3) is 0.722. The molecule has 15 nitrogen and oxygen atoms in total. The number of guanidine groups is 1. The number of nitrogens with one attached hydrogen (secondary N) is 3. The highest BCUT2D eigenvalue weighted by Gasteiger charge is 2.50. The van der Waals surface area contributed by atoms with Crippen LogP contribution < -0.4 is 27.4 Å². The molecule has 0 aromatic heterocycles. The second kappa shape index (κ2) is 10.3.